The molecule has 1 unspecified atom stereocenters. The van der Waals surface area contributed by atoms with Gasteiger partial charge in [-0.2, -0.15) is 0 Å². The number of carbonyl (C=O) groups excluding carboxylic acids is 1. The molecule has 2 aromatic carbocycles. The molecule has 1 N–H and O–H groups in total. The Morgan fingerprint density at radius 1 is 0.944 bits per heavy atom. The quantitative estimate of drug-likeness (QED) is 0.601. The third kappa shape index (κ3) is 3.82. The van der Waals surface area contributed by atoms with Gasteiger partial charge in [-0.05, 0) is 85.8 Å². The van der Waals surface area contributed by atoms with Crippen LogP contribution in [-0.4, -0.2) is 63.2 Å². The van der Waals surface area contributed by atoms with Crippen molar-refractivity contribution < 1.29 is 33.6 Å². The monoisotopic (exact) mass is 495 g/mol. The van der Waals surface area contributed by atoms with Gasteiger partial charge in [-0.1, -0.05) is 6.42 Å². The molecule has 2 saturated heterocycles. The number of likely N-dealkylation sites (tertiary alicyclic amines) is 1. The lowest BCUT2D eigenvalue weighted by Crippen LogP contribution is -2.37. The smallest absolute Gasteiger partial charge is 0.310 e. The summed E-state index contributed by atoms with van der Waals surface area (Å²) in [4.78, 5) is 15.8. The summed E-state index contributed by atoms with van der Waals surface area (Å²) in [6, 6.07) is 7.74. The molecule has 6 rings (SSSR count). The third-order valence-electron chi connectivity index (χ3n) is 8.41. The summed E-state index contributed by atoms with van der Waals surface area (Å²) < 4.78 is 28.1. The van der Waals surface area contributed by atoms with Crippen LogP contribution in [0.2, 0.25) is 0 Å². The zero-order chi connectivity index (χ0) is 24.8. The number of benzene rings is 2. The first-order valence-corrected chi connectivity index (χ1v) is 12.9. The number of cyclic esters (lactones) is 1. The number of methoxy groups -OCH3 is 2. The molecule has 36 heavy (non-hydrogen) atoms. The van der Waals surface area contributed by atoms with Crippen molar-refractivity contribution in [3.05, 3.63) is 41.0 Å². The molecule has 8 nitrogen and oxygen atoms in total. The zero-order valence-electron chi connectivity index (χ0n) is 20.8. The number of fused-ring (bicyclic) bond motifs is 3. The van der Waals surface area contributed by atoms with Crippen molar-refractivity contribution in [3.63, 3.8) is 0 Å². The number of rotatable bonds is 6. The van der Waals surface area contributed by atoms with Crippen molar-refractivity contribution in [1.29, 1.82) is 0 Å². The maximum atomic E-state index is 13.3. The average Bonchev–Trinajstić information content (AvgIpc) is 3.52. The highest BCUT2D eigenvalue weighted by Crippen LogP contribution is 2.57. The Hall–Kier alpha value is -3.13. The molecule has 0 aromatic heterocycles. The Morgan fingerprint density at radius 2 is 1.61 bits per heavy atom. The maximum Gasteiger partial charge on any atom is 0.310 e. The van der Waals surface area contributed by atoms with Crippen LogP contribution in [-0.2, 0) is 9.53 Å². The zero-order valence-corrected chi connectivity index (χ0v) is 20.8. The highest BCUT2D eigenvalue weighted by atomic mass is 16.7. The van der Waals surface area contributed by atoms with Gasteiger partial charge in [-0.25, -0.2) is 0 Å². The van der Waals surface area contributed by atoms with E-state index in [1.807, 2.05) is 6.07 Å². The number of nitrogens with zero attached hydrogens (tertiary/aromatic N) is 1. The lowest BCUT2D eigenvalue weighted by molar-refractivity contribution is -0.141. The molecule has 1 aliphatic carbocycles. The SMILES string of the molecule is COc1cc([C@@H]2c3cc4c(cc3[C@@H](CCN3CCCCC3)C3COC(=O)[C@@H]32)OCO4)cc(OC)c1O. The van der Waals surface area contributed by atoms with Crippen LogP contribution >= 0.6 is 0 Å². The molecule has 192 valence electrons. The predicted octanol–water partition coefficient (Wildman–Crippen LogP) is 4.03. The van der Waals surface area contributed by atoms with Gasteiger partial charge in [0.05, 0.1) is 26.7 Å². The fourth-order valence-corrected chi connectivity index (χ4v) is 6.65. The summed E-state index contributed by atoms with van der Waals surface area (Å²) in [6.45, 7) is 3.88. The number of aromatic hydroxyl groups is 1. The topological polar surface area (TPSA) is 86.7 Å². The summed E-state index contributed by atoms with van der Waals surface area (Å²) in [5.41, 5.74) is 3.06. The Morgan fingerprint density at radius 3 is 2.28 bits per heavy atom. The van der Waals surface area contributed by atoms with Crippen molar-refractivity contribution in [3.8, 4) is 28.7 Å². The molecule has 0 radical (unpaired) electrons. The minimum Gasteiger partial charge on any atom is -0.502 e. The molecule has 0 saturated carbocycles. The number of esters is 1. The largest absolute Gasteiger partial charge is 0.502 e. The van der Waals surface area contributed by atoms with Gasteiger partial charge in [0, 0.05) is 11.8 Å². The molecule has 8 heteroatoms. The highest BCUT2D eigenvalue weighted by molar-refractivity contribution is 5.79. The van der Waals surface area contributed by atoms with Gasteiger partial charge in [-0.15, -0.1) is 0 Å². The van der Waals surface area contributed by atoms with Crippen LogP contribution < -0.4 is 18.9 Å². The lowest BCUT2D eigenvalue weighted by atomic mass is 9.62. The summed E-state index contributed by atoms with van der Waals surface area (Å²) in [5, 5.41) is 10.5. The van der Waals surface area contributed by atoms with E-state index in [2.05, 4.69) is 11.0 Å². The number of ether oxygens (including phenoxy) is 5. The Bertz CT molecular complexity index is 1130. The van der Waals surface area contributed by atoms with Crippen molar-refractivity contribution in [1.82, 2.24) is 4.90 Å². The normalized spacial score (nSPS) is 26.8. The van der Waals surface area contributed by atoms with Crippen LogP contribution in [0.25, 0.3) is 0 Å². The lowest BCUT2D eigenvalue weighted by Gasteiger charge is -2.40. The summed E-state index contributed by atoms with van der Waals surface area (Å²) in [6.07, 6.45) is 4.76. The van der Waals surface area contributed by atoms with Crippen LogP contribution in [0.1, 0.15) is 54.2 Å². The molecule has 0 spiro atoms. The number of phenols is 1. The molecule has 2 fully saturated rings. The average molecular weight is 496 g/mol. The molecule has 2 aromatic rings. The van der Waals surface area contributed by atoms with E-state index in [4.69, 9.17) is 23.7 Å². The molecular formula is C28H33NO7. The summed E-state index contributed by atoms with van der Waals surface area (Å²) in [5.74, 6) is 1.40. The standard InChI is InChI=1S/C28H33NO7/c1-32-23-10-16(11-24(33-2)27(23)30)25-19-13-22-21(35-15-36-22)12-18(19)17(20-14-34-28(31)26(20)25)6-9-29-7-4-3-5-8-29/h10-13,17,20,25-26,30H,3-9,14-15H2,1-2H3/t17-,20?,25-,26+/m1/s1. The Balaban J connectivity index is 1.47. The number of hydrogen-bond donors (Lipinski definition) is 1. The highest BCUT2D eigenvalue weighted by Gasteiger charge is 2.52. The molecule has 3 heterocycles. The van der Waals surface area contributed by atoms with Gasteiger partial charge >= 0.3 is 5.97 Å². The van der Waals surface area contributed by atoms with E-state index < -0.39 is 0 Å². The second-order valence-corrected chi connectivity index (χ2v) is 10.2. The van der Waals surface area contributed by atoms with E-state index in [1.165, 1.54) is 39.0 Å². The third-order valence-corrected chi connectivity index (χ3v) is 8.41. The van der Waals surface area contributed by atoms with Gasteiger partial charge < -0.3 is 33.7 Å². The van der Waals surface area contributed by atoms with Crippen LogP contribution in [0.3, 0.4) is 0 Å². The van der Waals surface area contributed by atoms with Gasteiger partial charge in [0.2, 0.25) is 12.5 Å². The summed E-state index contributed by atoms with van der Waals surface area (Å²) in [7, 11) is 3.02. The van der Waals surface area contributed by atoms with Gasteiger partial charge in [-0.3, -0.25) is 4.79 Å². The predicted molar refractivity (Wildman–Crippen MR) is 131 cm³/mol. The fraction of sp³-hybridized carbons (Fsp3) is 0.536. The van der Waals surface area contributed by atoms with Crippen LogP contribution in [0.4, 0.5) is 0 Å². The number of hydrogen-bond acceptors (Lipinski definition) is 8. The molecule has 0 bridgehead atoms. The minimum absolute atomic E-state index is 0.0472. The van der Waals surface area contributed by atoms with E-state index in [9.17, 15) is 9.90 Å². The van der Waals surface area contributed by atoms with Crippen LogP contribution in [0, 0.1) is 11.8 Å². The molecule has 3 aliphatic heterocycles. The number of piperidine rings is 1. The summed E-state index contributed by atoms with van der Waals surface area (Å²) >= 11 is 0. The van der Waals surface area contributed by atoms with E-state index in [0.717, 1.165) is 42.9 Å². The molecule has 4 aliphatic rings. The second kappa shape index (κ2) is 9.39. The molecule has 4 atom stereocenters. The number of phenolic OH excluding ortho intramolecular Hbond substituents is 1. The van der Waals surface area contributed by atoms with E-state index in [1.54, 1.807) is 12.1 Å². The first kappa shape index (κ1) is 23.3. The van der Waals surface area contributed by atoms with Crippen molar-refractivity contribution >= 4 is 5.97 Å². The first-order chi connectivity index (χ1) is 17.6. The minimum atomic E-state index is -0.344. The van der Waals surface area contributed by atoms with Gasteiger partial charge in [0.25, 0.3) is 0 Å². The van der Waals surface area contributed by atoms with E-state index >= 15 is 0 Å². The van der Waals surface area contributed by atoms with Crippen LogP contribution in [0.5, 0.6) is 28.7 Å². The molecule has 0 amide bonds. The van der Waals surface area contributed by atoms with E-state index in [0.29, 0.717) is 23.9 Å². The Labute approximate surface area is 211 Å². The van der Waals surface area contributed by atoms with Gasteiger partial charge in [0.1, 0.15) is 0 Å². The van der Waals surface area contributed by atoms with E-state index in [-0.39, 0.29) is 42.2 Å². The first-order valence-electron chi connectivity index (χ1n) is 12.9. The fourth-order valence-electron chi connectivity index (χ4n) is 6.65. The van der Waals surface area contributed by atoms with Crippen molar-refractivity contribution in [2.45, 2.75) is 37.5 Å². The maximum absolute atomic E-state index is 13.3. The second-order valence-electron chi connectivity index (χ2n) is 10.2. The Kier molecular flexibility index (Phi) is 6.07. The van der Waals surface area contributed by atoms with Crippen molar-refractivity contribution in [2.24, 2.45) is 11.8 Å². The molecular weight excluding hydrogens is 462 g/mol. The number of carbonyl (C=O) groups is 1. The van der Waals surface area contributed by atoms with Gasteiger partial charge in [0.15, 0.2) is 23.0 Å². The van der Waals surface area contributed by atoms with Crippen LogP contribution in [0.15, 0.2) is 24.3 Å². The van der Waals surface area contributed by atoms with Crippen molar-refractivity contribution in [2.75, 3.05) is 47.3 Å².